The van der Waals surface area contributed by atoms with Crippen LogP contribution in [0.5, 0.6) is 5.75 Å². The highest BCUT2D eigenvalue weighted by Gasteiger charge is 2.33. The van der Waals surface area contributed by atoms with E-state index in [1.54, 1.807) is 11.9 Å². The summed E-state index contributed by atoms with van der Waals surface area (Å²) in [7, 11) is 1.77. The highest BCUT2D eigenvalue weighted by molar-refractivity contribution is 5.78. The Balaban J connectivity index is 1.88. The van der Waals surface area contributed by atoms with E-state index in [0.717, 1.165) is 37.0 Å². The predicted molar refractivity (Wildman–Crippen MR) is 82.4 cm³/mol. The highest BCUT2D eigenvalue weighted by atomic mass is 16.5. The first-order valence-electron chi connectivity index (χ1n) is 7.70. The van der Waals surface area contributed by atoms with Crippen molar-refractivity contribution in [1.82, 2.24) is 4.90 Å². The van der Waals surface area contributed by atoms with E-state index in [1.807, 2.05) is 31.2 Å². The fourth-order valence-electron chi connectivity index (χ4n) is 2.90. The number of amides is 1. The average Bonchev–Trinajstić information content (AvgIpc) is 2.87. The van der Waals surface area contributed by atoms with E-state index in [4.69, 9.17) is 4.74 Å². The van der Waals surface area contributed by atoms with Gasteiger partial charge in [0.25, 0.3) is 0 Å². The van der Waals surface area contributed by atoms with Crippen LogP contribution in [0.4, 0.5) is 0 Å². The first kappa shape index (κ1) is 15.8. The van der Waals surface area contributed by atoms with Crippen LogP contribution in [0.15, 0.2) is 24.3 Å². The molecule has 1 saturated carbocycles. The Bertz CT molecular complexity index is 463. The molecule has 4 heteroatoms. The minimum atomic E-state index is -0.677. The Kier molecular flexibility index (Phi) is 5.23. The molecule has 0 unspecified atom stereocenters. The van der Waals surface area contributed by atoms with E-state index in [2.05, 4.69) is 0 Å². The van der Waals surface area contributed by atoms with Gasteiger partial charge in [-0.3, -0.25) is 4.79 Å². The van der Waals surface area contributed by atoms with E-state index in [-0.39, 0.29) is 5.91 Å². The molecule has 0 bridgehead atoms. The van der Waals surface area contributed by atoms with Crippen molar-refractivity contribution in [3.05, 3.63) is 29.8 Å². The molecule has 1 aliphatic rings. The summed E-state index contributed by atoms with van der Waals surface area (Å²) >= 11 is 0. The van der Waals surface area contributed by atoms with Gasteiger partial charge in [-0.05, 0) is 37.5 Å². The zero-order valence-corrected chi connectivity index (χ0v) is 13.0. The lowest BCUT2D eigenvalue weighted by atomic mass is 10.0. The van der Waals surface area contributed by atoms with Crippen LogP contribution in [0.3, 0.4) is 0 Å². The first-order chi connectivity index (χ1) is 10.0. The number of benzene rings is 1. The second kappa shape index (κ2) is 6.94. The summed E-state index contributed by atoms with van der Waals surface area (Å²) in [5.41, 5.74) is 0.289. The maximum Gasteiger partial charge on any atom is 0.226 e. The van der Waals surface area contributed by atoms with Crippen molar-refractivity contribution in [3.8, 4) is 5.75 Å². The fraction of sp³-hybridized carbons (Fsp3) is 0.588. The van der Waals surface area contributed by atoms with Crippen molar-refractivity contribution in [2.24, 2.45) is 0 Å². The molecule has 0 atom stereocenters. The predicted octanol–water partition coefficient (Wildman–Crippen LogP) is 2.39. The quantitative estimate of drug-likeness (QED) is 0.875. The van der Waals surface area contributed by atoms with Crippen LogP contribution in [0, 0.1) is 0 Å². The molecule has 1 N–H and O–H groups in total. The van der Waals surface area contributed by atoms with Crippen molar-refractivity contribution >= 4 is 5.91 Å². The van der Waals surface area contributed by atoms with Crippen LogP contribution < -0.4 is 4.74 Å². The maximum atomic E-state index is 12.2. The lowest BCUT2D eigenvalue weighted by molar-refractivity contribution is -0.132. The topological polar surface area (TPSA) is 49.8 Å². The second-order valence-electron chi connectivity index (χ2n) is 5.93. The number of carbonyl (C=O) groups excluding carboxylic acids is 1. The molecule has 0 saturated heterocycles. The molecule has 2 rings (SSSR count). The molecule has 0 radical (unpaired) electrons. The summed E-state index contributed by atoms with van der Waals surface area (Å²) in [5.74, 6) is 0.863. The summed E-state index contributed by atoms with van der Waals surface area (Å²) in [4.78, 5) is 13.9. The van der Waals surface area contributed by atoms with Crippen LogP contribution >= 0.6 is 0 Å². The minimum Gasteiger partial charge on any atom is -0.494 e. The molecule has 1 aliphatic carbocycles. The van der Waals surface area contributed by atoms with Gasteiger partial charge >= 0.3 is 0 Å². The molecule has 0 aromatic heterocycles. The number of hydrogen-bond donors (Lipinski definition) is 1. The maximum absolute atomic E-state index is 12.2. The largest absolute Gasteiger partial charge is 0.494 e. The van der Waals surface area contributed by atoms with Gasteiger partial charge in [-0.15, -0.1) is 0 Å². The average molecular weight is 291 g/mol. The normalized spacial score (nSPS) is 16.7. The zero-order valence-electron chi connectivity index (χ0n) is 13.0. The monoisotopic (exact) mass is 291 g/mol. The van der Waals surface area contributed by atoms with Crippen LogP contribution in [-0.4, -0.2) is 41.7 Å². The zero-order chi connectivity index (χ0) is 15.3. The van der Waals surface area contributed by atoms with Crippen molar-refractivity contribution in [3.63, 3.8) is 0 Å². The third-order valence-corrected chi connectivity index (χ3v) is 4.08. The smallest absolute Gasteiger partial charge is 0.226 e. The number of rotatable bonds is 6. The second-order valence-corrected chi connectivity index (χ2v) is 5.93. The van der Waals surface area contributed by atoms with Gasteiger partial charge in [0, 0.05) is 13.6 Å². The Labute approximate surface area is 126 Å². The standard InChI is InChI=1S/C17H25NO3/c1-3-21-15-8-6-14(7-9-15)12-16(19)18(2)13-17(20)10-4-5-11-17/h6-9,20H,3-5,10-13H2,1-2H3. The van der Waals surface area contributed by atoms with Gasteiger partial charge in [0.1, 0.15) is 5.75 Å². The van der Waals surface area contributed by atoms with Gasteiger partial charge in [-0.2, -0.15) is 0 Å². The number of nitrogens with zero attached hydrogens (tertiary/aromatic N) is 1. The highest BCUT2D eigenvalue weighted by Crippen LogP contribution is 2.30. The van der Waals surface area contributed by atoms with Crippen molar-refractivity contribution < 1.29 is 14.6 Å². The number of carbonyl (C=O) groups is 1. The van der Waals surface area contributed by atoms with Crippen molar-refractivity contribution in [2.75, 3.05) is 20.2 Å². The fourth-order valence-corrected chi connectivity index (χ4v) is 2.90. The Morgan fingerprint density at radius 1 is 1.29 bits per heavy atom. The summed E-state index contributed by atoms with van der Waals surface area (Å²) in [5, 5.41) is 10.4. The number of hydrogen-bond acceptors (Lipinski definition) is 3. The van der Waals surface area contributed by atoms with E-state index < -0.39 is 5.60 Å². The molecular weight excluding hydrogens is 266 g/mol. The van der Waals surface area contributed by atoms with Gasteiger partial charge in [-0.1, -0.05) is 25.0 Å². The molecule has 0 aliphatic heterocycles. The molecule has 0 spiro atoms. The number of aliphatic hydroxyl groups is 1. The lowest BCUT2D eigenvalue weighted by Gasteiger charge is -2.28. The van der Waals surface area contributed by atoms with E-state index in [9.17, 15) is 9.90 Å². The number of ether oxygens (including phenoxy) is 1. The molecule has 1 aromatic carbocycles. The van der Waals surface area contributed by atoms with E-state index >= 15 is 0 Å². The Hall–Kier alpha value is -1.55. The summed E-state index contributed by atoms with van der Waals surface area (Å²) in [6, 6.07) is 7.61. The van der Waals surface area contributed by atoms with Crippen LogP contribution in [0.2, 0.25) is 0 Å². The number of likely N-dealkylation sites (N-methyl/N-ethyl adjacent to an activating group) is 1. The molecule has 0 heterocycles. The lowest BCUT2D eigenvalue weighted by Crippen LogP contribution is -2.42. The third-order valence-electron chi connectivity index (χ3n) is 4.08. The van der Waals surface area contributed by atoms with E-state index in [0.29, 0.717) is 19.6 Å². The minimum absolute atomic E-state index is 0.0412. The third kappa shape index (κ3) is 4.46. The van der Waals surface area contributed by atoms with Gasteiger partial charge in [0.05, 0.1) is 18.6 Å². The molecular formula is C17H25NO3. The van der Waals surface area contributed by atoms with Gasteiger partial charge in [0.2, 0.25) is 5.91 Å². The summed E-state index contributed by atoms with van der Waals surface area (Å²) < 4.78 is 5.39. The molecule has 1 aromatic rings. The van der Waals surface area contributed by atoms with E-state index in [1.165, 1.54) is 0 Å². The van der Waals surface area contributed by atoms with Crippen LogP contribution in [0.25, 0.3) is 0 Å². The van der Waals surface area contributed by atoms with Crippen molar-refractivity contribution in [1.29, 1.82) is 0 Å². The Morgan fingerprint density at radius 3 is 2.48 bits per heavy atom. The SMILES string of the molecule is CCOc1ccc(CC(=O)N(C)CC2(O)CCCC2)cc1. The molecule has 1 amide bonds. The van der Waals surface area contributed by atoms with Gasteiger partial charge in [0.15, 0.2) is 0 Å². The summed E-state index contributed by atoms with van der Waals surface area (Å²) in [6.45, 7) is 3.02. The summed E-state index contributed by atoms with van der Waals surface area (Å²) in [6.07, 6.45) is 4.06. The van der Waals surface area contributed by atoms with Crippen molar-refractivity contribution in [2.45, 2.75) is 44.6 Å². The van der Waals surface area contributed by atoms with Crippen LogP contribution in [-0.2, 0) is 11.2 Å². The first-order valence-corrected chi connectivity index (χ1v) is 7.70. The Morgan fingerprint density at radius 2 is 1.90 bits per heavy atom. The molecule has 116 valence electrons. The molecule has 4 nitrogen and oxygen atoms in total. The van der Waals surface area contributed by atoms with Gasteiger partial charge < -0.3 is 14.7 Å². The molecule has 21 heavy (non-hydrogen) atoms. The molecule has 1 fully saturated rings. The van der Waals surface area contributed by atoms with Crippen LogP contribution in [0.1, 0.15) is 38.2 Å². The van der Waals surface area contributed by atoms with Gasteiger partial charge in [-0.25, -0.2) is 0 Å².